The van der Waals surface area contributed by atoms with Gasteiger partial charge >= 0.3 is 5.97 Å². The van der Waals surface area contributed by atoms with E-state index in [0.717, 1.165) is 10.0 Å². The molecule has 1 aliphatic heterocycles. The van der Waals surface area contributed by atoms with Gasteiger partial charge in [0.15, 0.2) is 5.78 Å². The number of benzene rings is 2. The molecule has 0 unspecified atom stereocenters. The van der Waals surface area contributed by atoms with Crippen LogP contribution in [0.1, 0.15) is 22.0 Å². The van der Waals surface area contributed by atoms with E-state index >= 15 is 0 Å². The normalized spacial score (nSPS) is 15.2. The Morgan fingerprint density at radius 2 is 1.77 bits per heavy atom. The van der Waals surface area contributed by atoms with Crippen LogP contribution in [0.4, 0.5) is 5.95 Å². The number of Topliss-reactive ketones (excluding diaryl/α,β-unsaturated/α-hetero) is 1. The Morgan fingerprint density at radius 1 is 1.07 bits per heavy atom. The van der Waals surface area contributed by atoms with Crippen molar-refractivity contribution < 1.29 is 19.1 Å². The van der Waals surface area contributed by atoms with Crippen LogP contribution in [0.25, 0.3) is 0 Å². The Balaban J connectivity index is 1.91. The summed E-state index contributed by atoms with van der Waals surface area (Å²) in [5, 5.41) is 14.5. The van der Waals surface area contributed by atoms with E-state index in [2.05, 4.69) is 36.8 Å². The molecule has 2 heterocycles. The average molecular weight is 470 g/mol. The lowest BCUT2D eigenvalue weighted by atomic mass is 9.89. The average Bonchev–Trinajstić information content (AvgIpc) is 3.26. The van der Waals surface area contributed by atoms with Crippen molar-refractivity contribution in [3.8, 4) is 5.75 Å². The number of ether oxygens (including phenoxy) is 2. The van der Waals surface area contributed by atoms with Crippen molar-refractivity contribution in [2.45, 2.75) is 6.04 Å². The first kappa shape index (κ1) is 19.8. The number of rotatable bonds is 5. The second-order valence-electron chi connectivity index (χ2n) is 6.36. The summed E-state index contributed by atoms with van der Waals surface area (Å²) >= 11 is 3.41. The Kier molecular flexibility index (Phi) is 5.32. The highest BCUT2D eigenvalue weighted by atomic mass is 79.9. The van der Waals surface area contributed by atoms with Gasteiger partial charge in [0.05, 0.1) is 19.8 Å². The Morgan fingerprint density at radius 3 is 2.40 bits per heavy atom. The maximum absolute atomic E-state index is 13.6. The number of methoxy groups -OCH3 is 2. The Bertz CT molecular complexity index is 1140. The summed E-state index contributed by atoms with van der Waals surface area (Å²) < 4.78 is 12.4. The first-order chi connectivity index (χ1) is 14.5. The van der Waals surface area contributed by atoms with Crippen molar-refractivity contribution in [1.29, 1.82) is 0 Å². The Labute approximate surface area is 179 Å². The zero-order valence-electron chi connectivity index (χ0n) is 16.0. The van der Waals surface area contributed by atoms with Crippen molar-refractivity contribution in [2.75, 3.05) is 19.5 Å². The van der Waals surface area contributed by atoms with Gasteiger partial charge in [-0.2, -0.15) is 4.68 Å². The van der Waals surface area contributed by atoms with Gasteiger partial charge in [0.25, 0.3) is 0 Å². The van der Waals surface area contributed by atoms with Crippen LogP contribution in [0.2, 0.25) is 0 Å². The predicted molar refractivity (Wildman–Crippen MR) is 110 cm³/mol. The zero-order chi connectivity index (χ0) is 21.3. The van der Waals surface area contributed by atoms with E-state index in [1.54, 1.807) is 31.4 Å². The van der Waals surface area contributed by atoms with Crippen LogP contribution < -0.4 is 10.1 Å². The molecule has 0 saturated carbocycles. The molecule has 0 aliphatic carbocycles. The van der Waals surface area contributed by atoms with Crippen LogP contribution in [0.15, 0.2) is 64.3 Å². The highest BCUT2D eigenvalue weighted by Crippen LogP contribution is 2.37. The minimum absolute atomic E-state index is 0.00598. The molecule has 1 aromatic heterocycles. The molecule has 0 fully saturated rings. The Hall–Kier alpha value is -3.53. The smallest absolute Gasteiger partial charge is 0.355 e. The summed E-state index contributed by atoms with van der Waals surface area (Å²) in [6, 6.07) is 13.3. The largest absolute Gasteiger partial charge is 0.497 e. The molecule has 4 rings (SSSR count). The minimum Gasteiger partial charge on any atom is -0.497 e. The van der Waals surface area contributed by atoms with Crippen molar-refractivity contribution >= 4 is 33.6 Å². The molecule has 2 aromatic carbocycles. The van der Waals surface area contributed by atoms with Crippen molar-refractivity contribution in [3.63, 3.8) is 0 Å². The molecule has 1 N–H and O–H groups in total. The monoisotopic (exact) mass is 469 g/mol. The summed E-state index contributed by atoms with van der Waals surface area (Å²) in [5.41, 5.74) is 1.28. The van der Waals surface area contributed by atoms with Crippen LogP contribution in [0.3, 0.4) is 0 Å². The molecule has 3 aromatic rings. The molecular weight excluding hydrogens is 454 g/mol. The third-order valence-corrected chi connectivity index (χ3v) is 5.22. The number of tetrazole rings is 1. The summed E-state index contributed by atoms with van der Waals surface area (Å²) in [7, 11) is 2.79. The number of nitrogens with one attached hydrogen (secondary N) is 1. The lowest BCUT2D eigenvalue weighted by Gasteiger charge is -2.28. The van der Waals surface area contributed by atoms with Crippen LogP contribution in [-0.2, 0) is 9.53 Å². The fourth-order valence-corrected chi connectivity index (χ4v) is 3.50. The van der Waals surface area contributed by atoms with Gasteiger partial charge in [0.1, 0.15) is 17.5 Å². The number of ketones is 1. The van der Waals surface area contributed by atoms with E-state index in [9.17, 15) is 9.59 Å². The summed E-state index contributed by atoms with van der Waals surface area (Å²) in [4.78, 5) is 26.2. The fourth-order valence-electron chi connectivity index (χ4n) is 3.24. The van der Waals surface area contributed by atoms with Gasteiger partial charge in [-0.15, -0.1) is 0 Å². The second kappa shape index (κ2) is 8.07. The lowest BCUT2D eigenvalue weighted by molar-refractivity contribution is -0.136. The third-order valence-electron chi connectivity index (χ3n) is 4.69. The standard InChI is InChI=1S/C20H16BrN5O4/c1-29-14-9-5-12(6-10-14)18(27)15-16(19(28)30-2)22-20-23-24-25-26(20)17(15)11-3-7-13(21)8-4-11/h3-10,17H,1-2H3,(H,22,23,25)/t17-/m1/s1. The quantitative estimate of drug-likeness (QED) is 0.448. The number of anilines is 1. The number of nitrogens with zero attached hydrogens (tertiary/aromatic N) is 4. The minimum atomic E-state index is -0.729. The fraction of sp³-hybridized carbons (Fsp3) is 0.150. The molecule has 10 heteroatoms. The molecule has 30 heavy (non-hydrogen) atoms. The summed E-state index contributed by atoms with van der Waals surface area (Å²) in [5.74, 6) is -0.208. The van der Waals surface area contributed by atoms with Crippen LogP contribution >= 0.6 is 15.9 Å². The molecule has 0 spiro atoms. The van der Waals surface area contributed by atoms with Crippen LogP contribution in [0.5, 0.6) is 5.75 Å². The van der Waals surface area contributed by atoms with E-state index in [4.69, 9.17) is 9.47 Å². The molecule has 152 valence electrons. The van der Waals surface area contributed by atoms with Gasteiger partial charge in [0.2, 0.25) is 5.95 Å². The number of aromatic nitrogens is 4. The number of halogens is 1. The molecule has 0 bridgehead atoms. The maximum atomic E-state index is 13.6. The number of allylic oxidation sites excluding steroid dienone is 1. The van der Waals surface area contributed by atoms with Gasteiger partial charge in [0, 0.05) is 10.0 Å². The second-order valence-corrected chi connectivity index (χ2v) is 7.28. The first-order valence-electron chi connectivity index (χ1n) is 8.85. The number of hydrogen-bond acceptors (Lipinski definition) is 8. The van der Waals surface area contributed by atoms with Crippen LogP contribution in [-0.4, -0.2) is 46.2 Å². The summed E-state index contributed by atoms with van der Waals surface area (Å²) in [6.07, 6.45) is 0. The first-order valence-corrected chi connectivity index (χ1v) is 9.64. The molecule has 1 aliphatic rings. The van der Waals surface area contributed by atoms with Crippen molar-refractivity contribution in [1.82, 2.24) is 20.2 Å². The highest BCUT2D eigenvalue weighted by Gasteiger charge is 2.38. The van der Waals surface area contributed by atoms with Gasteiger partial charge in [-0.25, -0.2) is 4.79 Å². The van der Waals surface area contributed by atoms with Crippen molar-refractivity contribution in [3.05, 3.63) is 75.4 Å². The maximum Gasteiger partial charge on any atom is 0.355 e. The molecule has 0 amide bonds. The van der Waals surface area contributed by atoms with Gasteiger partial charge in [-0.05, 0) is 52.4 Å². The molecule has 0 radical (unpaired) electrons. The van der Waals surface area contributed by atoms with E-state index in [1.165, 1.54) is 11.8 Å². The molecule has 9 nitrogen and oxygen atoms in total. The summed E-state index contributed by atoms with van der Waals surface area (Å²) in [6.45, 7) is 0. The zero-order valence-corrected chi connectivity index (χ0v) is 17.6. The van der Waals surface area contributed by atoms with Gasteiger partial charge in [-0.1, -0.05) is 33.2 Å². The number of hydrogen-bond donors (Lipinski definition) is 1. The highest BCUT2D eigenvalue weighted by molar-refractivity contribution is 9.10. The van der Waals surface area contributed by atoms with E-state index < -0.39 is 12.0 Å². The lowest BCUT2D eigenvalue weighted by Crippen LogP contribution is -2.32. The van der Waals surface area contributed by atoms with E-state index in [1.807, 2.05) is 24.3 Å². The predicted octanol–water partition coefficient (Wildman–Crippen LogP) is 2.77. The van der Waals surface area contributed by atoms with E-state index in [-0.39, 0.29) is 23.0 Å². The molecule has 1 atom stereocenters. The number of carbonyl (C=O) groups excluding carboxylic acids is 2. The number of carbonyl (C=O) groups is 2. The van der Waals surface area contributed by atoms with Crippen molar-refractivity contribution in [2.24, 2.45) is 0 Å². The molecule has 0 saturated heterocycles. The van der Waals surface area contributed by atoms with Gasteiger partial charge < -0.3 is 14.8 Å². The molecular formula is C20H16BrN5O4. The number of fused-ring (bicyclic) bond motifs is 1. The SMILES string of the molecule is COC(=O)C1=C(C(=O)c2ccc(OC)cc2)[C@@H](c2ccc(Br)cc2)n2nnnc2N1. The topological polar surface area (TPSA) is 108 Å². The number of esters is 1. The van der Waals surface area contributed by atoms with Gasteiger partial charge in [-0.3, -0.25) is 4.79 Å². The third kappa shape index (κ3) is 3.45. The van der Waals surface area contributed by atoms with Crippen LogP contribution in [0, 0.1) is 0 Å². The van der Waals surface area contributed by atoms with E-state index in [0.29, 0.717) is 11.3 Å².